The van der Waals surface area contributed by atoms with Crippen LogP contribution in [0.25, 0.3) is 0 Å². The lowest BCUT2D eigenvalue weighted by Crippen LogP contribution is -2.38. The molecule has 0 bridgehead atoms. The Morgan fingerprint density at radius 2 is 1.82 bits per heavy atom. The first kappa shape index (κ1) is 15.9. The number of hydrogen-bond donors (Lipinski definition) is 3. The number of amides is 1. The van der Waals surface area contributed by atoms with Crippen LogP contribution in [0, 0.1) is 5.92 Å². The predicted octanol–water partition coefficient (Wildman–Crippen LogP) is 0.992. The molecule has 0 rings (SSSR count). The fourth-order valence-electron chi connectivity index (χ4n) is 1.44. The molecule has 17 heavy (non-hydrogen) atoms. The first-order valence-electron chi connectivity index (χ1n) is 6.13. The molecule has 0 aliphatic heterocycles. The molecule has 0 radical (unpaired) electrons. The van der Waals surface area contributed by atoms with Gasteiger partial charge in [-0.1, -0.05) is 6.92 Å². The van der Waals surface area contributed by atoms with Crippen LogP contribution in [0.4, 0.5) is 0 Å². The highest BCUT2D eigenvalue weighted by Gasteiger charge is 2.06. The van der Waals surface area contributed by atoms with Gasteiger partial charge in [0.1, 0.15) is 0 Å². The van der Waals surface area contributed by atoms with Gasteiger partial charge in [0, 0.05) is 12.5 Å². The second-order valence-electron chi connectivity index (χ2n) is 4.73. The van der Waals surface area contributed by atoms with Gasteiger partial charge >= 0.3 is 5.97 Å². The number of hydrogen-bond acceptors (Lipinski definition) is 3. The van der Waals surface area contributed by atoms with E-state index in [1.807, 2.05) is 20.8 Å². The first-order valence-corrected chi connectivity index (χ1v) is 6.13. The Labute approximate surface area is 103 Å². The molecule has 0 saturated heterocycles. The Balaban J connectivity index is 3.44. The molecule has 0 aliphatic rings. The summed E-state index contributed by atoms with van der Waals surface area (Å²) >= 11 is 0. The lowest BCUT2D eigenvalue weighted by atomic mass is 10.0. The number of nitrogens with one attached hydrogen (secondary N) is 2. The minimum absolute atomic E-state index is 0.00168. The summed E-state index contributed by atoms with van der Waals surface area (Å²) in [7, 11) is 0. The highest BCUT2D eigenvalue weighted by atomic mass is 16.4. The lowest BCUT2D eigenvalue weighted by Gasteiger charge is -2.11. The lowest BCUT2D eigenvalue weighted by molar-refractivity contribution is -0.137. The quantitative estimate of drug-likeness (QED) is 0.529. The number of carbonyl (C=O) groups excluding carboxylic acids is 1. The van der Waals surface area contributed by atoms with Crippen molar-refractivity contribution in [3.63, 3.8) is 0 Å². The topological polar surface area (TPSA) is 78.4 Å². The van der Waals surface area contributed by atoms with E-state index < -0.39 is 5.97 Å². The number of aliphatic carboxylic acids is 1. The van der Waals surface area contributed by atoms with E-state index in [0.717, 1.165) is 13.0 Å². The average Bonchev–Trinajstić information content (AvgIpc) is 2.20. The molecule has 3 N–H and O–H groups in total. The Kier molecular flexibility index (Phi) is 8.40. The molecular formula is C12H24N2O3. The maximum atomic E-state index is 11.3. The predicted molar refractivity (Wildman–Crippen MR) is 66.8 cm³/mol. The van der Waals surface area contributed by atoms with Crippen molar-refractivity contribution in [2.45, 2.75) is 46.1 Å². The van der Waals surface area contributed by atoms with E-state index in [9.17, 15) is 9.59 Å². The maximum Gasteiger partial charge on any atom is 0.303 e. The molecule has 5 heteroatoms. The van der Waals surface area contributed by atoms with Crippen LogP contribution in [0.3, 0.4) is 0 Å². The van der Waals surface area contributed by atoms with Crippen LogP contribution < -0.4 is 10.6 Å². The second-order valence-corrected chi connectivity index (χ2v) is 4.73. The van der Waals surface area contributed by atoms with Gasteiger partial charge in [-0.05, 0) is 39.2 Å². The summed E-state index contributed by atoms with van der Waals surface area (Å²) in [5, 5.41) is 14.4. The van der Waals surface area contributed by atoms with Crippen LogP contribution in [0.1, 0.15) is 40.0 Å². The van der Waals surface area contributed by atoms with E-state index in [-0.39, 0.29) is 18.4 Å². The second kappa shape index (κ2) is 8.98. The minimum Gasteiger partial charge on any atom is -0.481 e. The first-order chi connectivity index (χ1) is 7.91. The van der Waals surface area contributed by atoms with Crippen molar-refractivity contribution >= 4 is 11.9 Å². The largest absolute Gasteiger partial charge is 0.481 e. The van der Waals surface area contributed by atoms with Crippen LogP contribution >= 0.6 is 0 Å². The molecule has 0 aromatic carbocycles. The Hall–Kier alpha value is -1.10. The molecule has 0 saturated carbocycles. The molecule has 0 fully saturated rings. The van der Waals surface area contributed by atoms with Crippen molar-refractivity contribution in [2.24, 2.45) is 5.92 Å². The normalized spacial score (nSPS) is 12.5. The molecular weight excluding hydrogens is 220 g/mol. The SMILES string of the molecule is CC(CCNCC(=O)NC(C)C)CCC(=O)O. The summed E-state index contributed by atoms with van der Waals surface area (Å²) in [6.45, 7) is 6.94. The summed E-state index contributed by atoms with van der Waals surface area (Å²) in [5.41, 5.74) is 0. The van der Waals surface area contributed by atoms with E-state index in [4.69, 9.17) is 5.11 Å². The fraction of sp³-hybridized carbons (Fsp3) is 0.833. The molecule has 100 valence electrons. The van der Waals surface area contributed by atoms with E-state index in [1.165, 1.54) is 0 Å². The summed E-state index contributed by atoms with van der Waals surface area (Å²) < 4.78 is 0. The van der Waals surface area contributed by atoms with Gasteiger partial charge in [0.05, 0.1) is 6.54 Å². The standard InChI is InChI=1S/C12H24N2O3/c1-9(2)14-11(15)8-13-7-6-10(3)4-5-12(16)17/h9-10,13H,4-8H2,1-3H3,(H,14,15)(H,16,17). The van der Waals surface area contributed by atoms with E-state index in [0.29, 0.717) is 18.9 Å². The van der Waals surface area contributed by atoms with Crippen LogP contribution in [0.2, 0.25) is 0 Å². The van der Waals surface area contributed by atoms with Gasteiger partial charge in [0.25, 0.3) is 0 Å². The number of carboxylic acid groups (broad SMARTS) is 1. The van der Waals surface area contributed by atoms with Crippen LogP contribution in [0.15, 0.2) is 0 Å². The van der Waals surface area contributed by atoms with Crippen molar-refractivity contribution in [2.75, 3.05) is 13.1 Å². The third-order valence-electron chi connectivity index (χ3n) is 2.40. The monoisotopic (exact) mass is 244 g/mol. The number of rotatable bonds is 9. The zero-order chi connectivity index (χ0) is 13.3. The molecule has 1 unspecified atom stereocenters. The number of carbonyl (C=O) groups is 2. The average molecular weight is 244 g/mol. The Morgan fingerprint density at radius 3 is 2.35 bits per heavy atom. The van der Waals surface area contributed by atoms with Crippen molar-refractivity contribution in [1.82, 2.24) is 10.6 Å². The summed E-state index contributed by atoms with van der Waals surface area (Å²) in [6, 6.07) is 0.166. The van der Waals surface area contributed by atoms with E-state index >= 15 is 0 Å². The van der Waals surface area contributed by atoms with Gasteiger partial charge in [0.15, 0.2) is 0 Å². The van der Waals surface area contributed by atoms with Crippen molar-refractivity contribution in [3.8, 4) is 0 Å². The van der Waals surface area contributed by atoms with Gasteiger partial charge < -0.3 is 15.7 Å². The third kappa shape index (κ3) is 11.2. The summed E-state index contributed by atoms with van der Waals surface area (Å²) in [5.74, 6) is -0.383. The van der Waals surface area contributed by atoms with E-state index in [1.54, 1.807) is 0 Å². The zero-order valence-corrected chi connectivity index (χ0v) is 11.0. The number of carboxylic acids is 1. The van der Waals surface area contributed by atoms with Gasteiger partial charge in [-0.25, -0.2) is 0 Å². The molecule has 0 heterocycles. The van der Waals surface area contributed by atoms with Crippen molar-refractivity contribution in [3.05, 3.63) is 0 Å². The van der Waals surface area contributed by atoms with Crippen LogP contribution in [-0.2, 0) is 9.59 Å². The van der Waals surface area contributed by atoms with E-state index in [2.05, 4.69) is 10.6 Å². The highest BCUT2D eigenvalue weighted by Crippen LogP contribution is 2.08. The fourth-order valence-corrected chi connectivity index (χ4v) is 1.44. The van der Waals surface area contributed by atoms with Gasteiger partial charge in [-0.15, -0.1) is 0 Å². The molecule has 0 aromatic rings. The van der Waals surface area contributed by atoms with Gasteiger partial charge in [-0.3, -0.25) is 9.59 Å². The molecule has 1 amide bonds. The molecule has 0 spiro atoms. The Bertz CT molecular complexity index is 242. The van der Waals surface area contributed by atoms with Crippen LogP contribution in [0.5, 0.6) is 0 Å². The third-order valence-corrected chi connectivity index (χ3v) is 2.40. The molecule has 1 atom stereocenters. The van der Waals surface area contributed by atoms with Crippen molar-refractivity contribution < 1.29 is 14.7 Å². The van der Waals surface area contributed by atoms with Gasteiger partial charge in [0.2, 0.25) is 5.91 Å². The van der Waals surface area contributed by atoms with Crippen molar-refractivity contribution in [1.29, 1.82) is 0 Å². The van der Waals surface area contributed by atoms with Crippen LogP contribution in [-0.4, -0.2) is 36.1 Å². The highest BCUT2D eigenvalue weighted by molar-refractivity contribution is 5.78. The summed E-state index contributed by atoms with van der Waals surface area (Å²) in [6.07, 6.45) is 1.80. The Morgan fingerprint density at radius 1 is 1.18 bits per heavy atom. The van der Waals surface area contributed by atoms with Gasteiger partial charge in [-0.2, -0.15) is 0 Å². The summed E-state index contributed by atoms with van der Waals surface area (Å²) in [4.78, 5) is 21.6. The molecule has 5 nitrogen and oxygen atoms in total. The molecule has 0 aromatic heterocycles. The molecule has 0 aliphatic carbocycles. The zero-order valence-electron chi connectivity index (χ0n) is 11.0. The smallest absolute Gasteiger partial charge is 0.303 e. The maximum absolute atomic E-state index is 11.3. The minimum atomic E-state index is -0.749.